The smallest absolute Gasteiger partial charge is 0.262 e. The second-order valence-electron chi connectivity index (χ2n) is 7.31. The molecule has 6 nitrogen and oxygen atoms in total. The fourth-order valence-corrected chi connectivity index (χ4v) is 3.98. The van der Waals surface area contributed by atoms with Crippen molar-refractivity contribution in [3.05, 3.63) is 64.3 Å². The number of phenols is 2. The first kappa shape index (κ1) is 19.2. The summed E-state index contributed by atoms with van der Waals surface area (Å²) in [5, 5.41) is 28.2. The number of phenolic OH excluding ortho intramolecular Hbond substituents is 2. The van der Waals surface area contributed by atoms with Crippen LogP contribution in [-0.4, -0.2) is 32.4 Å². The Morgan fingerprint density at radius 1 is 1.14 bits per heavy atom. The number of hydrogen-bond donors (Lipinski definition) is 2. The van der Waals surface area contributed by atoms with Gasteiger partial charge in [-0.2, -0.15) is 0 Å². The van der Waals surface area contributed by atoms with Crippen LogP contribution in [0.5, 0.6) is 11.5 Å². The number of aromatic hydroxyl groups is 2. The topological polar surface area (TPSA) is 86.6 Å². The molecule has 0 spiro atoms. The lowest BCUT2D eigenvalue weighted by molar-refractivity contribution is 0.0972. The van der Waals surface area contributed by atoms with Crippen LogP contribution < -0.4 is 4.90 Å². The number of fused-ring (bicyclic) bond motifs is 1. The number of benzene rings is 2. The second-order valence-corrected chi connectivity index (χ2v) is 7.69. The average molecular weight is 410 g/mol. The molecule has 2 aromatic carbocycles. The van der Waals surface area contributed by atoms with E-state index in [2.05, 4.69) is 10.2 Å². The van der Waals surface area contributed by atoms with Crippen molar-refractivity contribution >= 4 is 23.2 Å². The van der Waals surface area contributed by atoms with Gasteiger partial charge >= 0.3 is 0 Å². The summed E-state index contributed by atoms with van der Waals surface area (Å²) in [6.07, 6.45) is 1.63. The molecule has 0 unspecified atom stereocenters. The Morgan fingerprint density at radius 2 is 1.93 bits per heavy atom. The molecule has 2 N–H and O–H groups in total. The largest absolute Gasteiger partial charge is 0.508 e. The summed E-state index contributed by atoms with van der Waals surface area (Å²) in [4.78, 5) is 14.9. The standard InChI is InChI=1S/C22H20ClN3O3/c1-12-9-20(23)24-25-21(12)15-5-8-18-14(10-15)4-3-13(2)26(18)22(29)17-7-6-16(27)11-19(17)28/h5-11,13,27-28H,3-4H2,1-2H3/t13-/m0/s1. The van der Waals surface area contributed by atoms with Crippen LogP contribution in [0.1, 0.15) is 34.8 Å². The third-order valence-electron chi connectivity index (χ3n) is 5.27. The predicted octanol–water partition coefficient (Wildman–Crippen LogP) is 4.50. The Balaban J connectivity index is 1.75. The third-order valence-corrected chi connectivity index (χ3v) is 5.45. The number of aryl methyl sites for hydroxylation is 2. The molecule has 0 aliphatic carbocycles. The van der Waals surface area contributed by atoms with Gasteiger partial charge in [0.2, 0.25) is 0 Å². The van der Waals surface area contributed by atoms with E-state index in [1.54, 1.807) is 11.0 Å². The minimum atomic E-state index is -0.300. The van der Waals surface area contributed by atoms with Gasteiger partial charge in [0, 0.05) is 23.4 Å². The Hall–Kier alpha value is -3.12. The van der Waals surface area contributed by atoms with E-state index in [4.69, 9.17) is 11.6 Å². The highest BCUT2D eigenvalue weighted by atomic mass is 35.5. The van der Waals surface area contributed by atoms with Crippen LogP contribution in [0.2, 0.25) is 5.15 Å². The molecule has 0 bridgehead atoms. The fourth-order valence-electron chi connectivity index (χ4n) is 3.78. The van der Waals surface area contributed by atoms with E-state index in [0.29, 0.717) is 5.15 Å². The maximum absolute atomic E-state index is 13.2. The normalized spacial score (nSPS) is 15.8. The van der Waals surface area contributed by atoms with Crippen LogP contribution in [0.15, 0.2) is 42.5 Å². The number of rotatable bonds is 2. The van der Waals surface area contributed by atoms with Crippen molar-refractivity contribution in [1.29, 1.82) is 0 Å². The Morgan fingerprint density at radius 3 is 2.66 bits per heavy atom. The predicted molar refractivity (Wildman–Crippen MR) is 112 cm³/mol. The van der Waals surface area contributed by atoms with Crippen LogP contribution in [0, 0.1) is 6.92 Å². The van der Waals surface area contributed by atoms with Crippen LogP contribution >= 0.6 is 11.6 Å². The van der Waals surface area contributed by atoms with E-state index in [1.165, 1.54) is 18.2 Å². The molecule has 1 amide bonds. The number of halogens is 1. The summed E-state index contributed by atoms with van der Waals surface area (Å²) in [5.74, 6) is -0.626. The zero-order chi connectivity index (χ0) is 20.7. The van der Waals surface area contributed by atoms with Crippen molar-refractivity contribution in [3.63, 3.8) is 0 Å². The third kappa shape index (κ3) is 3.51. The first-order valence-electron chi connectivity index (χ1n) is 9.34. The molecule has 7 heteroatoms. The Kier molecular flexibility index (Phi) is 4.88. The summed E-state index contributed by atoms with van der Waals surface area (Å²) in [6.45, 7) is 3.92. The molecule has 1 aromatic heterocycles. The maximum Gasteiger partial charge on any atom is 0.262 e. The zero-order valence-electron chi connectivity index (χ0n) is 16.1. The number of aromatic nitrogens is 2. The van der Waals surface area contributed by atoms with E-state index < -0.39 is 0 Å². The van der Waals surface area contributed by atoms with Crippen molar-refractivity contribution in [2.45, 2.75) is 32.7 Å². The molecular weight excluding hydrogens is 390 g/mol. The van der Waals surface area contributed by atoms with Crippen molar-refractivity contribution in [1.82, 2.24) is 10.2 Å². The Labute approximate surface area is 173 Å². The minimum Gasteiger partial charge on any atom is -0.508 e. The van der Waals surface area contributed by atoms with Crippen LogP contribution in [-0.2, 0) is 6.42 Å². The molecule has 0 fully saturated rings. The molecule has 148 valence electrons. The first-order chi connectivity index (χ1) is 13.8. The average Bonchev–Trinajstić information content (AvgIpc) is 2.67. The van der Waals surface area contributed by atoms with E-state index in [-0.39, 0.29) is 29.0 Å². The number of anilines is 1. The molecule has 29 heavy (non-hydrogen) atoms. The first-order valence-corrected chi connectivity index (χ1v) is 9.71. The lowest BCUT2D eigenvalue weighted by atomic mass is 9.93. The van der Waals surface area contributed by atoms with Gasteiger partial charge < -0.3 is 15.1 Å². The summed E-state index contributed by atoms with van der Waals surface area (Å²) in [6, 6.07) is 11.6. The number of nitrogens with zero attached hydrogens (tertiary/aromatic N) is 3. The lowest BCUT2D eigenvalue weighted by Crippen LogP contribution is -2.42. The summed E-state index contributed by atoms with van der Waals surface area (Å²) in [5.41, 5.74) is 4.60. The molecule has 0 saturated heterocycles. The highest BCUT2D eigenvalue weighted by Gasteiger charge is 2.30. The maximum atomic E-state index is 13.2. The monoisotopic (exact) mass is 409 g/mol. The van der Waals surface area contributed by atoms with Gasteiger partial charge in [0.25, 0.3) is 5.91 Å². The van der Waals surface area contributed by atoms with Crippen molar-refractivity contribution in [2.24, 2.45) is 0 Å². The SMILES string of the molecule is Cc1cc(Cl)nnc1-c1ccc2c(c1)CC[C@H](C)N2C(=O)c1ccc(O)cc1O. The molecule has 0 saturated carbocycles. The van der Waals surface area contributed by atoms with Crippen molar-refractivity contribution < 1.29 is 15.0 Å². The quantitative estimate of drug-likeness (QED) is 0.650. The van der Waals surface area contributed by atoms with Gasteiger partial charge in [-0.05, 0) is 68.1 Å². The highest BCUT2D eigenvalue weighted by molar-refractivity contribution is 6.29. The van der Waals surface area contributed by atoms with E-state index in [1.807, 2.05) is 32.0 Å². The molecule has 3 aromatic rings. The van der Waals surface area contributed by atoms with Crippen LogP contribution in [0.3, 0.4) is 0 Å². The molecule has 1 atom stereocenters. The summed E-state index contributed by atoms with van der Waals surface area (Å²) >= 11 is 5.92. The van der Waals surface area contributed by atoms with Crippen molar-refractivity contribution in [3.8, 4) is 22.8 Å². The van der Waals surface area contributed by atoms with Crippen LogP contribution in [0.4, 0.5) is 5.69 Å². The zero-order valence-corrected chi connectivity index (χ0v) is 16.8. The van der Waals surface area contributed by atoms with Gasteiger partial charge in [-0.25, -0.2) is 0 Å². The number of carbonyl (C=O) groups is 1. The van der Waals surface area contributed by atoms with E-state index in [0.717, 1.165) is 40.9 Å². The van der Waals surface area contributed by atoms with Gasteiger partial charge in [-0.15, -0.1) is 10.2 Å². The molecule has 4 rings (SSSR count). The van der Waals surface area contributed by atoms with Gasteiger partial charge in [0.15, 0.2) is 5.15 Å². The molecule has 1 aliphatic heterocycles. The molecule has 1 aliphatic rings. The number of carbonyl (C=O) groups excluding carboxylic acids is 1. The van der Waals surface area contributed by atoms with Crippen LogP contribution in [0.25, 0.3) is 11.3 Å². The minimum absolute atomic E-state index is 0.0221. The number of amides is 1. The van der Waals surface area contributed by atoms with Gasteiger partial charge in [-0.1, -0.05) is 17.7 Å². The number of hydrogen-bond acceptors (Lipinski definition) is 5. The van der Waals surface area contributed by atoms with Gasteiger partial charge in [-0.3, -0.25) is 4.79 Å². The van der Waals surface area contributed by atoms with Crippen molar-refractivity contribution in [2.75, 3.05) is 4.90 Å². The summed E-state index contributed by atoms with van der Waals surface area (Å²) in [7, 11) is 0. The Bertz CT molecular complexity index is 1120. The fraction of sp³-hybridized carbons (Fsp3) is 0.227. The lowest BCUT2D eigenvalue weighted by Gasteiger charge is -2.35. The van der Waals surface area contributed by atoms with E-state index in [9.17, 15) is 15.0 Å². The summed E-state index contributed by atoms with van der Waals surface area (Å²) < 4.78 is 0. The van der Waals surface area contributed by atoms with Gasteiger partial charge in [0.1, 0.15) is 11.5 Å². The highest BCUT2D eigenvalue weighted by Crippen LogP contribution is 2.36. The molecule has 0 radical (unpaired) electrons. The van der Waals surface area contributed by atoms with E-state index >= 15 is 0 Å². The molecular formula is C22H20ClN3O3. The second kappa shape index (κ2) is 7.37. The molecule has 2 heterocycles. The van der Waals surface area contributed by atoms with Gasteiger partial charge in [0.05, 0.1) is 11.3 Å².